The summed E-state index contributed by atoms with van der Waals surface area (Å²) in [5, 5.41) is 10.5. The first-order valence-electron chi connectivity index (χ1n) is 9.09. The lowest BCUT2D eigenvalue weighted by Crippen LogP contribution is -2.00. The molecule has 0 saturated heterocycles. The zero-order chi connectivity index (χ0) is 22.0. The second kappa shape index (κ2) is 9.49. The number of ether oxygens (including phenoxy) is 1. The highest BCUT2D eigenvalue weighted by molar-refractivity contribution is 7.98. The van der Waals surface area contributed by atoms with Gasteiger partial charge in [0.1, 0.15) is 11.6 Å². The highest BCUT2D eigenvalue weighted by Gasteiger charge is 2.18. The normalized spacial score (nSPS) is 11.0. The Labute approximate surface area is 197 Å². The summed E-state index contributed by atoms with van der Waals surface area (Å²) >= 11 is 19.9. The molecule has 0 radical (unpaired) electrons. The number of hydrogen-bond donors (Lipinski definition) is 0. The van der Waals surface area contributed by atoms with Crippen LogP contribution in [0, 0.1) is 5.82 Å². The summed E-state index contributed by atoms with van der Waals surface area (Å²) in [4.78, 5) is 0. The van der Waals surface area contributed by atoms with E-state index in [0.717, 1.165) is 17.0 Å². The van der Waals surface area contributed by atoms with E-state index in [1.807, 2.05) is 34.9 Å². The summed E-state index contributed by atoms with van der Waals surface area (Å²) < 4.78 is 21.3. The second-order valence-corrected chi connectivity index (χ2v) is 8.62. The highest BCUT2D eigenvalue weighted by Crippen LogP contribution is 2.34. The Hall–Kier alpha value is -2.25. The second-order valence-electron chi connectivity index (χ2n) is 6.46. The predicted molar refractivity (Wildman–Crippen MR) is 124 cm³/mol. The van der Waals surface area contributed by atoms with Crippen LogP contribution in [0.25, 0.3) is 17.1 Å². The minimum atomic E-state index is -0.365. The van der Waals surface area contributed by atoms with Gasteiger partial charge in [-0.05, 0) is 54.6 Å². The molecule has 158 valence electrons. The maximum atomic E-state index is 14.2. The average Bonchev–Trinajstić information content (AvgIpc) is 3.19. The Morgan fingerprint density at radius 3 is 2.39 bits per heavy atom. The third kappa shape index (κ3) is 4.67. The molecule has 9 heteroatoms. The molecule has 0 amide bonds. The van der Waals surface area contributed by atoms with E-state index in [4.69, 9.17) is 39.5 Å². The number of nitrogens with zero attached hydrogens (tertiary/aromatic N) is 3. The van der Waals surface area contributed by atoms with Crippen molar-refractivity contribution < 1.29 is 9.13 Å². The summed E-state index contributed by atoms with van der Waals surface area (Å²) in [5.41, 5.74) is 1.96. The molecule has 0 aliphatic carbocycles. The van der Waals surface area contributed by atoms with Gasteiger partial charge in [0.05, 0.1) is 22.8 Å². The van der Waals surface area contributed by atoms with E-state index in [1.54, 1.807) is 31.4 Å². The molecule has 3 aromatic carbocycles. The van der Waals surface area contributed by atoms with Gasteiger partial charge in [-0.2, -0.15) is 0 Å². The number of thioether (sulfide) groups is 1. The average molecular weight is 495 g/mol. The lowest BCUT2D eigenvalue weighted by molar-refractivity contribution is 0.415. The van der Waals surface area contributed by atoms with E-state index in [0.29, 0.717) is 31.6 Å². The fourth-order valence-electron chi connectivity index (χ4n) is 2.95. The smallest absolute Gasteiger partial charge is 0.196 e. The Balaban J connectivity index is 1.77. The Bertz CT molecular complexity index is 1210. The van der Waals surface area contributed by atoms with E-state index >= 15 is 0 Å². The summed E-state index contributed by atoms with van der Waals surface area (Å²) in [6.45, 7) is 0. The number of benzene rings is 3. The number of halogens is 4. The molecule has 0 fully saturated rings. The minimum Gasteiger partial charge on any atom is -0.497 e. The van der Waals surface area contributed by atoms with Gasteiger partial charge in [0.25, 0.3) is 0 Å². The maximum absolute atomic E-state index is 14.2. The molecule has 0 bridgehead atoms. The van der Waals surface area contributed by atoms with Gasteiger partial charge in [-0.3, -0.25) is 4.57 Å². The third-order valence-electron chi connectivity index (χ3n) is 4.55. The van der Waals surface area contributed by atoms with Crippen LogP contribution in [0.1, 0.15) is 5.56 Å². The molecule has 4 nitrogen and oxygen atoms in total. The summed E-state index contributed by atoms with van der Waals surface area (Å²) in [7, 11) is 1.61. The number of methoxy groups -OCH3 is 1. The van der Waals surface area contributed by atoms with E-state index in [1.165, 1.54) is 17.8 Å². The van der Waals surface area contributed by atoms with Crippen LogP contribution in [0.3, 0.4) is 0 Å². The van der Waals surface area contributed by atoms with E-state index in [2.05, 4.69) is 10.2 Å². The van der Waals surface area contributed by atoms with Crippen molar-refractivity contribution in [3.05, 3.63) is 87.1 Å². The van der Waals surface area contributed by atoms with Crippen LogP contribution in [0.15, 0.2) is 65.8 Å². The lowest BCUT2D eigenvalue weighted by Gasteiger charge is -2.12. The SMILES string of the molecule is COc1ccc(-c2nnc(SCc3c(F)cccc3Cl)n2-c2ccc(Cl)c(Cl)c2)cc1. The quantitative estimate of drug-likeness (QED) is 0.263. The molecule has 0 saturated carbocycles. The Morgan fingerprint density at radius 2 is 1.71 bits per heavy atom. The predicted octanol–water partition coefficient (Wildman–Crippen LogP) is 7.33. The molecule has 0 aliphatic heterocycles. The fourth-order valence-corrected chi connectivity index (χ4v) is 4.54. The molecule has 31 heavy (non-hydrogen) atoms. The van der Waals surface area contributed by atoms with Crippen LogP contribution in [0.2, 0.25) is 15.1 Å². The van der Waals surface area contributed by atoms with Crippen molar-refractivity contribution in [3.8, 4) is 22.8 Å². The molecule has 0 unspecified atom stereocenters. The largest absolute Gasteiger partial charge is 0.497 e. The van der Waals surface area contributed by atoms with Gasteiger partial charge in [0.15, 0.2) is 11.0 Å². The topological polar surface area (TPSA) is 39.9 Å². The fraction of sp³-hybridized carbons (Fsp3) is 0.0909. The van der Waals surface area contributed by atoms with Crippen molar-refractivity contribution in [2.45, 2.75) is 10.9 Å². The van der Waals surface area contributed by atoms with Crippen molar-refractivity contribution >= 4 is 46.6 Å². The molecule has 4 aromatic rings. The van der Waals surface area contributed by atoms with Crippen LogP contribution < -0.4 is 4.74 Å². The van der Waals surface area contributed by atoms with Gasteiger partial charge in [-0.1, -0.05) is 52.6 Å². The number of aromatic nitrogens is 3. The van der Waals surface area contributed by atoms with Crippen LogP contribution >= 0.6 is 46.6 Å². The molecule has 0 atom stereocenters. The maximum Gasteiger partial charge on any atom is 0.196 e. The standard InChI is InChI=1S/C22H15Cl3FN3OS/c1-30-15-8-5-13(6-9-15)21-27-28-22(29(21)14-7-10-18(24)19(25)11-14)31-12-16-17(23)3-2-4-20(16)26/h2-11H,12H2,1H3. The monoisotopic (exact) mass is 493 g/mol. The molecule has 1 heterocycles. The zero-order valence-electron chi connectivity index (χ0n) is 16.2. The highest BCUT2D eigenvalue weighted by atomic mass is 35.5. The number of hydrogen-bond acceptors (Lipinski definition) is 4. The molecule has 1 aromatic heterocycles. The van der Waals surface area contributed by atoms with Gasteiger partial charge in [-0.25, -0.2) is 4.39 Å². The van der Waals surface area contributed by atoms with Crippen molar-refractivity contribution in [2.24, 2.45) is 0 Å². The first-order chi connectivity index (χ1) is 15.0. The lowest BCUT2D eigenvalue weighted by atomic mass is 10.2. The van der Waals surface area contributed by atoms with Gasteiger partial charge in [0.2, 0.25) is 0 Å². The summed E-state index contributed by atoms with van der Waals surface area (Å²) in [6.07, 6.45) is 0. The third-order valence-corrected chi connectivity index (χ3v) is 6.60. The van der Waals surface area contributed by atoms with E-state index in [-0.39, 0.29) is 11.6 Å². The molecule has 4 rings (SSSR count). The van der Waals surface area contributed by atoms with E-state index in [9.17, 15) is 4.39 Å². The van der Waals surface area contributed by atoms with Gasteiger partial charge < -0.3 is 4.74 Å². The molecular formula is C22H15Cl3FN3OS. The van der Waals surface area contributed by atoms with Crippen molar-refractivity contribution in [1.29, 1.82) is 0 Å². The summed E-state index contributed by atoms with van der Waals surface area (Å²) in [5.74, 6) is 1.25. The molecule has 0 spiro atoms. The van der Waals surface area contributed by atoms with Crippen molar-refractivity contribution in [3.63, 3.8) is 0 Å². The van der Waals surface area contributed by atoms with Gasteiger partial charge >= 0.3 is 0 Å². The van der Waals surface area contributed by atoms with E-state index < -0.39 is 0 Å². The zero-order valence-corrected chi connectivity index (χ0v) is 19.2. The van der Waals surface area contributed by atoms with Gasteiger partial charge in [-0.15, -0.1) is 10.2 Å². The molecular weight excluding hydrogens is 480 g/mol. The van der Waals surface area contributed by atoms with Crippen LogP contribution in [0.4, 0.5) is 4.39 Å². The van der Waals surface area contributed by atoms with Gasteiger partial charge in [0, 0.05) is 21.9 Å². The molecule has 0 N–H and O–H groups in total. The Kier molecular flexibility index (Phi) is 6.72. The summed E-state index contributed by atoms with van der Waals surface area (Å²) in [6, 6.07) is 17.3. The first-order valence-corrected chi connectivity index (χ1v) is 11.2. The molecule has 0 aliphatic rings. The van der Waals surface area contributed by atoms with Crippen LogP contribution in [-0.2, 0) is 5.75 Å². The Morgan fingerprint density at radius 1 is 0.935 bits per heavy atom. The number of rotatable bonds is 6. The van der Waals surface area contributed by atoms with Crippen LogP contribution in [-0.4, -0.2) is 21.9 Å². The van der Waals surface area contributed by atoms with Crippen molar-refractivity contribution in [2.75, 3.05) is 7.11 Å². The van der Waals surface area contributed by atoms with Crippen molar-refractivity contribution in [1.82, 2.24) is 14.8 Å². The van der Waals surface area contributed by atoms with Crippen LogP contribution in [0.5, 0.6) is 5.75 Å². The first kappa shape index (κ1) is 22.0. The minimum absolute atomic E-state index is 0.285.